The molecule has 0 bridgehead atoms. The molecule has 0 amide bonds. The van der Waals surface area contributed by atoms with Crippen LogP contribution in [-0.4, -0.2) is 23.8 Å². The van der Waals surface area contributed by atoms with Gasteiger partial charge in [0.15, 0.2) is 11.5 Å². The first-order chi connectivity index (χ1) is 15.6. The molecule has 0 unspecified atom stereocenters. The van der Waals surface area contributed by atoms with Gasteiger partial charge < -0.3 is 9.84 Å². The van der Waals surface area contributed by atoms with Gasteiger partial charge in [-0.15, -0.1) is 0 Å². The molecule has 0 heterocycles. The van der Waals surface area contributed by atoms with Crippen LogP contribution < -0.4 is 0 Å². The van der Waals surface area contributed by atoms with Crippen LogP contribution in [0, 0.1) is 0 Å². The Balaban J connectivity index is 1.87. The van der Waals surface area contributed by atoms with Gasteiger partial charge in [0.1, 0.15) is 0 Å². The molecule has 0 atom stereocenters. The monoisotopic (exact) mass is 448 g/mol. The lowest BCUT2D eigenvalue weighted by molar-refractivity contribution is -0.119. The smallest absolute Gasteiger partial charge is 0.227 e. The van der Waals surface area contributed by atoms with E-state index in [4.69, 9.17) is 4.74 Å². The minimum atomic E-state index is -0.533. The number of unbranched alkanes of at least 4 members (excludes halogenated alkanes) is 18. The number of methoxy groups -OCH3 is 1. The van der Waals surface area contributed by atoms with Gasteiger partial charge in [-0.25, -0.2) is 0 Å². The minimum absolute atomic E-state index is 0.0283. The van der Waals surface area contributed by atoms with Gasteiger partial charge in [-0.05, 0) is 12.8 Å². The van der Waals surface area contributed by atoms with Crippen molar-refractivity contribution >= 4 is 11.6 Å². The zero-order chi connectivity index (χ0) is 23.4. The summed E-state index contributed by atoms with van der Waals surface area (Å²) in [6.45, 7) is 2.28. The van der Waals surface area contributed by atoms with Crippen molar-refractivity contribution in [2.24, 2.45) is 0 Å². The number of carbonyl (C=O) groups excluding carboxylic acids is 2. The van der Waals surface area contributed by atoms with E-state index in [-0.39, 0.29) is 17.1 Å². The third-order valence-corrected chi connectivity index (χ3v) is 6.53. The summed E-state index contributed by atoms with van der Waals surface area (Å²) in [5.74, 6) is -1.26. The number of ether oxygens (including phenoxy) is 1. The van der Waals surface area contributed by atoms with E-state index in [1.54, 1.807) is 0 Å². The van der Waals surface area contributed by atoms with Gasteiger partial charge in [0.2, 0.25) is 11.6 Å². The zero-order valence-corrected chi connectivity index (χ0v) is 20.9. The highest BCUT2D eigenvalue weighted by Gasteiger charge is 2.28. The molecule has 1 N–H and O–H groups in total. The van der Waals surface area contributed by atoms with Crippen molar-refractivity contribution in [1.29, 1.82) is 0 Å². The van der Waals surface area contributed by atoms with Gasteiger partial charge in [0.25, 0.3) is 0 Å². The van der Waals surface area contributed by atoms with Crippen LogP contribution in [0.1, 0.15) is 135 Å². The SMILES string of the molecule is CCCCCCCCCCCCCCCCCCCCCC1=C(O)C(=O)C=C(OC)C1=O. The fraction of sp³-hybridized carbons (Fsp3) is 0.786. The van der Waals surface area contributed by atoms with Gasteiger partial charge in [0, 0.05) is 11.6 Å². The number of rotatable bonds is 21. The molecule has 1 aliphatic rings. The van der Waals surface area contributed by atoms with E-state index in [9.17, 15) is 14.7 Å². The quantitative estimate of drug-likeness (QED) is 0.142. The van der Waals surface area contributed by atoms with Gasteiger partial charge >= 0.3 is 0 Å². The molecule has 184 valence electrons. The fourth-order valence-corrected chi connectivity index (χ4v) is 4.42. The highest BCUT2D eigenvalue weighted by atomic mass is 16.5. The maximum absolute atomic E-state index is 12.2. The second-order valence-electron chi connectivity index (χ2n) is 9.35. The number of aliphatic hydroxyl groups is 1. The Morgan fingerprint density at radius 1 is 0.656 bits per heavy atom. The molecule has 0 fully saturated rings. The highest BCUT2D eigenvalue weighted by Crippen LogP contribution is 2.23. The second kappa shape index (κ2) is 18.9. The van der Waals surface area contributed by atoms with E-state index >= 15 is 0 Å². The molecule has 4 nitrogen and oxygen atoms in total. The summed E-state index contributed by atoms with van der Waals surface area (Å²) in [6.07, 6.45) is 26.5. The molecule has 0 aromatic rings. The Morgan fingerprint density at radius 2 is 1.03 bits per heavy atom. The molecule has 0 aliphatic heterocycles. The standard InChI is InChI=1S/C28H48O4/c1-3-4-5-6-7-8-9-10-11-12-13-14-15-16-17-18-19-20-21-22-24-27(30)25(29)23-26(32-2)28(24)31/h23,30H,3-22H2,1-2H3. The Morgan fingerprint density at radius 3 is 1.41 bits per heavy atom. The first-order valence-electron chi connectivity index (χ1n) is 13.4. The topological polar surface area (TPSA) is 63.6 Å². The number of Topliss-reactive ketones (excluding diaryl/α,β-unsaturated/α-hetero) is 1. The summed E-state index contributed by atoms with van der Waals surface area (Å²) in [7, 11) is 1.37. The summed E-state index contributed by atoms with van der Waals surface area (Å²) in [5, 5.41) is 9.88. The number of aliphatic hydroxyl groups excluding tert-OH is 1. The number of hydrogen-bond acceptors (Lipinski definition) is 4. The molecule has 1 rings (SSSR count). The molecular weight excluding hydrogens is 400 g/mol. The van der Waals surface area contributed by atoms with Gasteiger partial charge in [-0.3, -0.25) is 9.59 Å². The maximum Gasteiger partial charge on any atom is 0.227 e. The van der Waals surface area contributed by atoms with Crippen LogP contribution in [-0.2, 0) is 14.3 Å². The van der Waals surface area contributed by atoms with Crippen LogP contribution in [0.4, 0.5) is 0 Å². The summed E-state index contributed by atoms with van der Waals surface area (Å²) in [6, 6.07) is 0. The summed E-state index contributed by atoms with van der Waals surface area (Å²) >= 11 is 0. The number of allylic oxidation sites excluding steroid dienone is 2. The molecule has 4 heteroatoms. The summed E-state index contributed by atoms with van der Waals surface area (Å²) in [4.78, 5) is 23.9. The van der Waals surface area contributed by atoms with Crippen molar-refractivity contribution < 1.29 is 19.4 Å². The van der Waals surface area contributed by atoms with Gasteiger partial charge in [-0.2, -0.15) is 0 Å². The van der Waals surface area contributed by atoms with Crippen LogP contribution in [0.5, 0.6) is 0 Å². The molecule has 0 saturated heterocycles. The first kappa shape index (κ1) is 28.5. The first-order valence-corrected chi connectivity index (χ1v) is 13.4. The maximum atomic E-state index is 12.2. The lowest BCUT2D eigenvalue weighted by atomic mass is 9.94. The fourth-order valence-electron chi connectivity index (χ4n) is 4.42. The van der Waals surface area contributed by atoms with Crippen LogP contribution >= 0.6 is 0 Å². The molecule has 0 aromatic heterocycles. The predicted molar refractivity (Wildman–Crippen MR) is 133 cm³/mol. The molecule has 1 aliphatic carbocycles. The van der Waals surface area contributed by atoms with Crippen molar-refractivity contribution in [2.45, 2.75) is 135 Å². The van der Waals surface area contributed by atoms with Crippen molar-refractivity contribution in [3.8, 4) is 0 Å². The van der Waals surface area contributed by atoms with Gasteiger partial charge in [-0.1, -0.05) is 122 Å². The van der Waals surface area contributed by atoms with Crippen molar-refractivity contribution in [1.82, 2.24) is 0 Å². The lowest BCUT2D eigenvalue weighted by Crippen LogP contribution is -2.20. The average molecular weight is 449 g/mol. The van der Waals surface area contributed by atoms with Crippen molar-refractivity contribution in [3.05, 3.63) is 23.2 Å². The predicted octanol–water partition coefficient (Wildman–Crippen LogP) is 8.30. The molecule has 0 saturated carbocycles. The van der Waals surface area contributed by atoms with E-state index in [2.05, 4.69) is 6.92 Å². The van der Waals surface area contributed by atoms with Crippen LogP contribution in [0.3, 0.4) is 0 Å². The summed E-state index contributed by atoms with van der Waals surface area (Å²) in [5.41, 5.74) is 0.210. The molecule has 0 spiro atoms. The Labute approximate surface area is 196 Å². The normalized spacial score (nSPS) is 14.2. The van der Waals surface area contributed by atoms with E-state index < -0.39 is 11.5 Å². The number of hydrogen-bond donors (Lipinski definition) is 1. The summed E-state index contributed by atoms with van der Waals surface area (Å²) < 4.78 is 4.94. The third-order valence-electron chi connectivity index (χ3n) is 6.53. The highest BCUT2D eigenvalue weighted by molar-refractivity contribution is 6.20. The van der Waals surface area contributed by atoms with Crippen molar-refractivity contribution in [2.75, 3.05) is 7.11 Å². The van der Waals surface area contributed by atoms with Crippen molar-refractivity contribution in [3.63, 3.8) is 0 Å². The second-order valence-corrected chi connectivity index (χ2v) is 9.35. The van der Waals surface area contributed by atoms with Gasteiger partial charge in [0.05, 0.1) is 7.11 Å². The molecular formula is C28H48O4. The van der Waals surface area contributed by atoms with Crippen LogP contribution in [0.2, 0.25) is 0 Å². The molecule has 0 aromatic carbocycles. The molecule has 0 radical (unpaired) electrons. The van der Waals surface area contributed by atoms with E-state index in [1.807, 2.05) is 0 Å². The van der Waals surface area contributed by atoms with E-state index in [0.29, 0.717) is 6.42 Å². The van der Waals surface area contributed by atoms with Crippen LogP contribution in [0.25, 0.3) is 0 Å². The minimum Gasteiger partial charge on any atom is -0.504 e. The Kier molecular flexibility index (Phi) is 16.8. The average Bonchev–Trinajstić information content (AvgIpc) is 2.79. The largest absolute Gasteiger partial charge is 0.504 e. The lowest BCUT2D eigenvalue weighted by Gasteiger charge is -2.14. The van der Waals surface area contributed by atoms with Crippen LogP contribution in [0.15, 0.2) is 23.2 Å². The Bertz CT molecular complexity index is 588. The number of ketones is 2. The third kappa shape index (κ3) is 12.5. The zero-order valence-electron chi connectivity index (χ0n) is 20.9. The van der Waals surface area contributed by atoms with E-state index in [1.165, 1.54) is 110 Å². The van der Waals surface area contributed by atoms with E-state index in [0.717, 1.165) is 25.3 Å². The number of carbonyl (C=O) groups is 2. The Hall–Kier alpha value is -1.58. The molecule has 32 heavy (non-hydrogen) atoms.